The minimum Gasteiger partial charge on any atom is -0.468 e. The normalized spacial score (nSPS) is 16.7. The minimum absolute atomic E-state index is 0.203. The van der Waals surface area contributed by atoms with Crippen LogP contribution in [0.2, 0.25) is 0 Å². The standard InChI is InChI=1S/C14H15NO2S/c1-17-14(16)13(15-9-6-7-9)11-8-18-12-5-3-2-4-10(11)12/h2-5,8-9,13,15H,6-7H2,1H3. The Morgan fingerprint density at radius 2 is 2.22 bits per heavy atom. The number of fused-ring (bicyclic) bond motifs is 1. The summed E-state index contributed by atoms with van der Waals surface area (Å²) in [6.07, 6.45) is 2.30. The van der Waals surface area contributed by atoms with Crippen LogP contribution in [-0.4, -0.2) is 19.1 Å². The van der Waals surface area contributed by atoms with E-state index in [1.54, 1.807) is 11.3 Å². The van der Waals surface area contributed by atoms with Crippen LogP contribution < -0.4 is 5.32 Å². The van der Waals surface area contributed by atoms with Crippen molar-refractivity contribution in [2.24, 2.45) is 0 Å². The third-order valence-corrected chi connectivity index (χ3v) is 4.22. The Morgan fingerprint density at radius 3 is 2.94 bits per heavy atom. The molecule has 0 bridgehead atoms. The van der Waals surface area contributed by atoms with Gasteiger partial charge in [-0.1, -0.05) is 18.2 Å². The summed E-state index contributed by atoms with van der Waals surface area (Å²) in [5, 5.41) is 6.57. The first-order valence-corrected chi connectivity index (χ1v) is 6.97. The average molecular weight is 261 g/mol. The molecule has 2 aromatic rings. The second-order valence-electron chi connectivity index (χ2n) is 4.58. The van der Waals surface area contributed by atoms with E-state index >= 15 is 0 Å². The van der Waals surface area contributed by atoms with Gasteiger partial charge in [-0.2, -0.15) is 0 Å². The van der Waals surface area contributed by atoms with E-state index in [1.807, 2.05) is 12.1 Å². The van der Waals surface area contributed by atoms with Crippen LogP contribution in [0.1, 0.15) is 24.4 Å². The van der Waals surface area contributed by atoms with Crippen molar-refractivity contribution in [3.05, 3.63) is 35.2 Å². The molecule has 94 valence electrons. The third-order valence-electron chi connectivity index (χ3n) is 3.24. The molecule has 1 aliphatic rings. The number of esters is 1. The molecule has 3 nitrogen and oxygen atoms in total. The van der Waals surface area contributed by atoms with Gasteiger partial charge in [0.15, 0.2) is 0 Å². The quantitative estimate of drug-likeness (QED) is 0.860. The lowest BCUT2D eigenvalue weighted by molar-refractivity contribution is -0.143. The number of ether oxygens (including phenoxy) is 1. The molecule has 1 fully saturated rings. The predicted octanol–water partition coefficient (Wildman–Crippen LogP) is 2.87. The molecule has 1 aliphatic carbocycles. The van der Waals surface area contributed by atoms with Crippen LogP contribution in [-0.2, 0) is 9.53 Å². The molecule has 0 aliphatic heterocycles. The first-order valence-electron chi connectivity index (χ1n) is 6.09. The molecule has 0 amide bonds. The van der Waals surface area contributed by atoms with Crippen molar-refractivity contribution in [1.29, 1.82) is 0 Å². The largest absolute Gasteiger partial charge is 0.468 e. The number of hydrogen-bond donors (Lipinski definition) is 1. The maximum absolute atomic E-state index is 11.9. The van der Waals surface area contributed by atoms with Gasteiger partial charge in [-0.15, -0.1) is 11.3 Å². The summed E-state index contributed by atoms with van der Waals surface area (Å²) in [4.78, 5) is 11.9. The molecule has 1 N–H and O–H groups in total. The highest BCUT2D eigenvalue weighted by atomic mass is 32.1. The van der Waals surface area contributed by atoms with Crippen molar-refractivity contribution in [1.82, 2.24) is 5.32 Å². The number of carbonyl (C=O) groups excluding carboxylic acids is 1. The van der Waals surface area contributed by atoms with Crippen LogP contribution in [0.3, 0.4) is 0 Å². The monoisotopic (exact) mass is 261 g/mol. The Hall–Kier alpha value is -1.39. The molecule has 0 radical (unpaired) electrons. The number of benzene rings is 1. The second-order valence-corrected chi connectivity index (χ2v) is 5.50. The van der Waals surface area contributed by atoms with Crippen LogP contribution in [0.5, 0.6) is 0 Å². The minimum atomic E-state index is -0.335. The maximum atomic E-state index is 11.9. The summed E-state index contributed by atoms with van der Waals surface area (Å²) < 4.78 is 6.12. The smallest absolute Gasteiger partial charge is 0.327 e. The van der Waals surface area contributed by atoms with Crippen molar-refractivity contribution in [3.63, 3.8) is 0 Å². The number of carbonyl (C=O) groups is 1. The van der Waals surface area contributed by atoms with Gasteiger partial charge in [-0.25, -0.2) is 4.79 Å². The third kappa shape index (κ3) is 2.13. The fourth-order valence-electron chi connectivity index (χ4n) is 2.11. The molecule has 1 unspecified atom stereocenters. The first-order chi connectivity index (χ1) is 8.79. The van der Waals surface area contributed by atoms with E-state index in [-0.39, 0.29) is 12.0 Å². The summed E-state index contributed by atoms with van der Waals surface area (Å²) in [5.41, 5.74) is 1.04. The lowest BCUT2D eigenvalue weighted by Gasteiger charge is -2.15. The number of rotatable bonds is 4. The molecule has 1 atom stereocenters. The Kier molecular flexibility index (Phi) is 3.06. The summed E-state index contributed by atoms with van der Waals surface area (Å²) in [7, 11) is 1.44. The highest BCUT2D eigenvalue weighted by molar-refractivity contribution is 7.17. The average Bonchev–Trinajstić information content (AvgIpc) is 3.13. The van der Waals surface area contributed by atoms with E-state index in [2.05, 4.69) is 22.8 Å². The highest BCUT2D eigenvalue weighted by Crippen LogP contribution is 2.33. The fourth-order valence-corrected chi connectivity index (χ4v) is 3.10. The van der Waals surface area contributed by atoms with Crippen molar-refractivity contribution in [2.75, 3.05) is 7.11 Å². The predicted molar refractivity (Wildman–Crippen MR) is 72.7 cm³/mol. The van der Waals surface area contributed by atoms with Crippen LogP contribution >= 0.6 is 11.3 Å². The molecule has 4 heteroatoms. The molecule has 0 saturated heterocycles. The summed E-state index contributed by atoms with van der Waals surface area (Å²) in [5.74, 6) is -0.203. The van der Waals surface area contributed by atoms with E-state index < -0.39 is 0 Å². The highest BCUT2D eigenvalue weighted by Gasteiger charge is 2.31. The summed E-state index contributed by atoms with van der Waals surface area (Å²) in [6.45, 7) is 0. The molecule has 0 spiro atoms. The Labute approximate surface area is 110 Å². The number of thiophene rings is 1. The zero-order chi connectivity index (χ0) is 12.5. The molecule has 1 aromatic heterocycles. The lowest BCUT2D eigenvalue weighted by atomic mass is 10.1. The molecule has 1 aromatic carbocycles. The SMILES string of the molecule is COC(=O)C(NC1CC1)c1csc2ccccc12. The summed E-state index contributed by atoms with van der Waals surface area (Å²) in [6, 6.07) is 8.29. The lowest BCUT2D eigenvalue weighted by Crippen LogP contribution is -2.31. The van der Waals surface area contributed by atoms with Gasteiger partial charge in [-0.3, -0.25) is 5.32 Å². The molecule has 1 heterocycles. The van der Waals surface area contributed by atoms with E-state index in [0.29, 0.717) is 6.04 Å². The van der Waals surface area contributed by atoms with Gasteiger partial charge in [0.25, 0.3) is 0 Å². The fraction of sp³-hybridized carbons (Fsp3) is 0.357. The Bertz CT molecular complexity index is 574. The molecule has 18 heavy (non-hydrogen) atoms. The van der Waals surface area contributed by atoms with Gasteiger partial charge >= 0.3 is 5.97 Å². The number of methoxy groups -OCH3 is 1. The van der Waals surface area contributed by atoms with E-state index in [0.717, 1.165) is 23.8 Å². The number of hydrogen-bond acceptors (Lipinski definition) is 4. The van der Waals surface area contributed by atoms with E-state index in [9.17, 15) is 4.79 Å². The van der Waals surface area contributed by atoms with Gasteiger partial charge in [-0.05, 0) is 35.2 Å². The topological polar surface area (TPSA) is 38.3 Å². The zero-order valence-electron chi connectivity index (χ0n) is 10.2. The van der Waals surface area contributed by atoms with Crippen LogP contribution in [0.15, 0.2) is 29.6 Å². The van der Waals surface area contributed by atoms with Gasteiger partial charge < -0.3 is 4.74 Å². The Morgan fingerprint density at radius 1 is 1.44 bits per heavy atom. The van der Waals surface area contributed by atoms with Gasteiger partial charge in [0, 0.05) is 10.7 Å². The van der Waals surface area contributed by atoms with Gasteiger partial charge in [0.2, 0.25) is 0 Å². The van der Waals surface area contributed by atoms with Gasteiger partial charge in [0.05, 0.1) is 7.11 Å². The van der Waals surface area contributed by atoms with E-state index in [4.69, 9.17) is 4.74 Å². The van der Waals surface area contributed by atoms with Crippen LogP contribution in [0.25, 0.3) is 10.1 Å². The van der Waals surface area contributed by atoms with Crippen LogP contribution in [0, 0.1) is 0 Å². The maximum Gasteiger partial charge on any atom is 0.327 e. The van der Waals surface area contributed by atoms with E-state index in [1.165, 1.54) is 11.8 Å². The molecular formula is C14H15NO2S. The summed E-state index contributed by atoms with van der Waals surface area (Å²) >= 11 is 1.67. The molecule has 1 saturated carbocycles. The Balaban J connectivity index is 1.99. The molecular weight excluding hydrogens is 246 g/mol. The zero-order valence-corrected chi connectivity index (χ0v) is 11.0. The first kappa shape index (κ1) is 11.7. The van der Waals surface area contributed by atoms with Crippen molar-refractivity contribution in [2.45, 2.75) is 24.9 Å². The second kappa shape index (κ2) is 4.71. The van der Waals surface area contributed by atoms with Crippen molar-refractivity contribution >= 4 is 27.4 Å². The van der Waals surface area contributed by atoms with Crippen molar-refractivity contribution < 1.29 is 9.53 Å². The van der Waals surface area contributed by atoms with Crippen molar-refractivity contribution in [3.8, 4) is 0 Å². The number of nitrogens with one attached hydrogen (secondary N) is 1. The van der Waals surface area contributed by atoms with Crippen LogP contribution in [0.4, 0.5) is 0 Å². The van der Waals surface area contributed by atoms with Gasteiger partial charge in [0.1, 0.15) is 6.04 Å². The molecule has 3 rings (SSSR count).